The van der Waals surface area contributed by atoms with Crippen molar-refractivity contribution in [2.75, 3.05) is 20.2 Å². The molecule has 0 bridgehead atoms. The summed E-state index contributed by atoms with van der Waals surface area (Å²) in [6.45, 7) is 5.36. The van der Waals surface area contributed by atoms with Crippen molar-refractivity contribution in [2.24, 2.45) is 0 Å². The second-order valence-electron chi connectivity index (χ2n) is 6.26. The Morgan fingerprint density at radius 1 is 1.33 bits per heavy atom. The number of carbonyl (C=O) groups excluding carboxylic acids is 1. The van der Waals surface area contributed by atoms with Gasteiger partial charge in [0.05, 0.1) is 7.11 Å². The number of aromatic nitrogens is 3. The van der Waals surface area contributed by atoms with E-state index >= 15 is 0 Å². The van der Waals surface area contributed by atoms with Crippen LogP contribution in [-0.2, 0) is 0 Å². The first kappa shape index (κ1) is 16.4. The summed E-state index contributed by atoms with van der Waals surface area (Å²) in [4.78, 5) is 18.6. The Hall–Kier alpha value is -2.44. The number of rotatable bonds is 4. The smallest absolute Gasteiger partial charge is 0.259 e. The number of likely N-dealkylation sites (tertiary alicyclic amines) is 1. The summed E-state index contributed by atoms with van der Waals surface area (Å²) in [5.41, 5.74) is 0.498. The molecular formula is C17H22N4O3. The Balaban J connectivity index is 1.65. The van der Waals surface area contributed by atoms with Gasteiger partial charge < -0.3 is 14.1 Å². The van der Waals surface area contributed by atoms with E-state index in [1.165, 1.54) is 7.11 Å². The molecule has 24 heavy (non-hydrogen) atoms. The van der Waals surface area contributed by atoms with Crippen LogP contribution in [0.25, 0.3) is 0 Å². The highest BCUT2D eigenvalue weighted by Crippen LogP contribution is 2.29. The fourth-order valence-electron chi connectivity index (χ4n) is 2.86. The SMILES string of the molecule is COc1ncccc1C(=O)N1CCC(c2nnc(C(C)C)o2)CC1. The number of piperidine rings is 1. The van der Waals surface area contributed by atoms with E-state index in [4.69, 9.17) is 9.15 Å². The topological polar surface area (TPSA) is 81.4 Å². The fourth-order valence-corrected chi connectivity index (χ4v) is 2.86. The van der Waals surface area contributed by atoms with Crippen LogP contribution in [0.4, 0.5) is 0 Å². The van der Waals surface area contributed by atoms with Crippen LogP contribution >= 0.6 is 0 Å². The van der Waals surface area contributed by atoms with E-state index in [-0.39, 0.29) is 17.7 Å². The van der Waals surface area contributed by atoms with Crippen molar-refractivity contribution in [1.82, 2.24) is 20.1 Å². The third kappa shape index (κ3) is 3.25. The van der Waals surface area contributed by atoms with E-state index in [1.54, 1.807) is 18.3 Å². The summed E-state index contributed by atoms with van der Waals surface area (Å²) in [6, 6.07) is 3.49. The zero-order valence-corrected chi connectivity index (χ0v) is 14.2. The molecule has 0 N–H and O–H groups in total. The van der Waals surface area contributed by atoms with Crippen LogP contribution in [0, 0.1) is 0 Å². The Labute approximate surface area is 141 Å². The Bertz CT molecular complexity index is 705. The molecular weight excluding hydrogens is 308 g/mol. The summed E-state index contributed by atoms with van der Waals surface area (Å²) in [6.07, 6.45) is 3.24. The summed E-state index contributed by atoms with van der Waals surface area (Å²) in [7, 11) is 1.52. The summed E-state index contributed by atoms with van der Waals surface area (Å²) in [5.74, 6) is 2.11. The molecule has 0 aromatic carbocycles. The maximum Gasteiger partial charge on any atom is 0.259 e. The van der Waals surface area contributed by atoms with Crippen molar-refractivity contribution < 1.29 is 13.9 Å². The largest absolute Gasteiger partial charge is 0.480 e. The van der Waals surface area contributed by atoms with Gasteiger partial charge in [0.15, 0.2) is 0 Å². The van der Waals surface area contributed by atoms with Gasteiger partial charge in [-0.1, -0.05) is 13.8 Å². The third-order valence-corrected chi connectivity index (χ3v) is 4.28. The Kier molecular flexibility index (Phi) is 4.78. The number of methoxy groups -OCH3 is 1. The van der Waals surface area contributed by atoms with Gasteiger partial charge in [-0.3, -0.25) is 4.79 Å². The van der Waals surface area contributed by atoms with Gasteiger partial charge >= 0.3 is 0 Å². The minimum atomic E-state index is -0.0493. The molecule has 0 unspecified atom stereocenters. The number of nitrogens with zero attached hydrogens (tertiary/aromatic N) is 4. The lowest BCUT2D eigenvalue weighted by Crippen LogP contribution is -2.38. The predicted octanol–water partition coefficient (Wildman–Crippen LogP) is 2.62. The second kappa shape index (κ2) is 6.98. The van der Waals surface area contributed by atoms with E-state index in [0.29, 0.717) is 36.3 Å². The molecule has 0 spiro atoms. The predicted molar refractivity (Wildman–Crippen MR) is 87.1 cm³/mol. The van der Waals surface area contributed by atoms with Crippen LogP contribution < -0.4 is 4.74 Å². The molecule has 2 aromatic heterocycles. The van der Waals surface area contributed by atoms with E-state index in [0.717, 1.165) is 12.8 Å². The van der Waals surface area contributed by atoms with Gasteiger partial charge in [0, 0.05) is 31.1 Å². The molecule has 0 saturated carbocycles. The van der Waals surface area contributed by atoms with Gasteiger partial charge in [0.1, 0.15) is 5.56 Å². The highest BCUT2D eigenvalue weighted by Gasteiger charge is 2.29. The van der Waals surface area contributed by atoms with Crippen molar-refractivity contribution in [3.63, 3.8) is 0 Å². The molecule has 128 valence electrons. The lowest BCUT2D eigenvalue weighted by Gasteiger charge is -2.30. The minimum Gasteiger partial charge on any atom is -0.480 e. The van der Waals surface area contributed by atoms with Crippen LogP contribution in [-0.4, -0.2) is 46.2 Å². The molecule has 1 aliphatic rings. The number of pyridine rings is 1. The first-order chi connectivity index (χ1) is 11.6. The summed E-state index contributed by atoms with van der Waals surface area (Å²) >= 11 is 0. The minimum absolute atomic E-state index is 0.0493. The van der Waals surface area contributed by atoms with Gasteiger partial charge in [-0.15, -0.1) is 10.2 Å². The normalized spacial score (nSPS) is 15.8. The van der Waals surface area contributed by atoms with Crippen molar-refractivity contribution in [2.45, 2.75) is 38.5 Å². The van der Waals surface area contributed by atoms with E-state index in [2.05, 4.69) is 15.2 Å². The van der Waals surface area contributed by atoms with Gasteiger partial charge in [-0.05, 0) is 25.0 Å². The zero-order chi connectivity index (χ0) is 17.1. The number of ether oxygens (including phenoxy) is 1. The van der Waals surface area contributed by atoms with Crippen LogP contribution in [0.3, 0.4) is 0 Å². The Morgan fingerprint density at radius 2 is 2.08 bits per heavy atom. The Morgan fingerprint density at radius 3 is 2.71 bits per heavy atom. The van der Waals surface area contributed by atoms with E-state index in [9.17, 15) is 4.79 Å². The summed E-state index contributed by atoms with van der Waals surface area (Å²) in [5, 5.41) is 8.26. The molecule has 7 nitrogen and oxygen atoms in total. The van der Waals surface area contributed by atoms with E-state index < -0.39 is 0 Å². The molecule has 1 aliphatic heterocycles. The molecule has 1 saturated heterocycles. The average Bonchev–Trinajstić information content (AvgIpc) is 3.11. The van der Waals surface area contributed by atoms with Crippen LogP contribution in [0.5, 0.6) is 5.88 Å². The van der Waals surface area contributed by atoms with Crippen LogP contribution in [0.2, 0.25) is 0 Å². The van der Waals surface area contributed by atoms with E-state index in [1.807, 2.05) is 18.7 Å². The quantitative estimate of drug-likeness (QED) is 0.857. The van der Waals surface area contributed by atoms with Crippen LogP contribution in [0.1, 0.15) is 60.7 Å². The van der Waals surface area contributed by atoms with Crippen molar-refractivity contribution in [3.05, 3.63) is 35.7 Å². The lowest BCUT2D eigenvalue weighted by atomic mass is 9.96. The molecule has 0 radical (unpaired) electrons. The lowest BCUT2D eigenvalue weighted by molar-refractivity contribution is 0.0701. The third-order valence-electron chi connectivity index (χ3n) is 4.28. The van der Waals surface area contributed by atoms with Crippen molar-refractivity contribution in [3.8, 4) is 5.88 Å². The van der Waals surface area contributed by atoms with Gasteiger partial charge in [0.2, 0.25) is 17.7 Å². The van der Waals surface area contributed by atoms with Gasteiger partial charge in [-0.2, -0.15) is 0 Å². The maximum absolute atomic E-state index is 12.7. The van der Waals surface area contributed by atoms with Crippen molar-refractivity contribution in [1.29, 1.82) is 0 Å². The zero-order valence-electron chi connectivity index (χ0n) is 14.2. The molecule has 1 amide bonds. The molecule has 0 atom stereocenters. The van der Waals surface area contributed by atoms with Crippen molar-refractivity contribution >= 4 is 5.91 Å². The standard InChI is InChI=1S/C17H22N4O3/c1-11(2)14-19-20-15(24-14)12-6-9-21(10-7-12)17(22)13-5-4-8-18-16(13)23-3/h4-5,8,11-12H,6-7,9-10H2,1-3H3. The van der Waals surface area contributed by atoms with Gasteiger partial charge in [0.25, 0.3) is 5.91 Å². The number of amides is 1. The van der Waals surface area contributed by atoms with Crippen LogP contribution in [0.15, 0.2) is 22.7 Å². The van der Waals surface area contributed by atoms with Gasteiger partial charge in [-0.25, -0.2) is 4.98 Å². The molecule has 1 fully saturated rings. The highest BCUT2D eigenvalue weighted by molar-refractivity contribution is 5.96. The molecule has 3 heterocycles. The molecule has 2 aromatic rings. The monoisotopic (exact) mass is 330 g/mol. The first-order valence-corrected chi connectivity index (χ1v) is 8.21. The number of hydrogen-bond donors (Lipinski definition) is 0. The average molecular weight is 330 g/mol. The fraction of sp³-hybridized carbons (Fsp3) is 0.529. The maximum atomic E-state index is 12.7. The highest BCUT2D eigenvalue weighted by atomic mass is 16.5. The number of hydrogen-bond acceptors (Lipinski definition) is 6. The molecule has 0 aliphatic carbocycles. The second-order valence-corrected chi connectivity index (χ2v) is 6.26. The first-order valence-electron chi connectivity index (χ1n) is 8.21. The summed E-state index contributed by atoms with van der Waals surface area (Å²) < 4.78 is 10.9. The number of carbonyl (C=O) groups is 1. The molecule has 7 heteroatoms. The molecule has 3 rings (SSSR count).